The van der Waals surface area contributed by atoms with Gasteiger partial charge in [0, 0.05) is 77.3 Å². The zero-order chi connectivity index (χ0) is 37.7. The minimum Gasteiger partial charge on any atom is -0.325 e. The van der Waals surface area contributed by atoms with Crippen LogP contribution in [0.5, 0.6) is 0 Å². The van der Waals surface area contributed by atoms with Crippen LogP contribution in [-0.4, -0.2) is 48.6 Å². The van der Waals surface area contributed by atoms with E-state index < -0.39 is 0 Å². The fourth-order valence-corrected chi connectivity index (χ4v) is 5.68. The number of nitrogens with zero attached hydrogens (tertiary/aromatic N) is 10. The predicted molar refractivity (Wildman–Crippen MR) is 210 cm³/mol. The van der Waals surface area contributed by atoms with Gasteiger partial charge in [0.2, 0.25) is 0 Å². The largest absolute Gasteiger partial charge is 0.332 e. The van der Waals surface area contributed by atoms with Gasteiger partial charge in [-0.3, -0.25) is 43.8 Å². The van der Waals surface area contributed by atoms with Crippen LogP contribution in [0.1, 0.15) is 24.0 Å². The third kappa shape index (κ3) is 10.4. The van der Waals surface area contributed by atoms with Crippen LogP contribution >= 0.6 is 0 Å². The molecule has 12 nitrogen and oxygen atoms in total. The Morgan fingerprint density at radius 1 is 0.527 bits per heavy atom. The fraction of sp³-hybridized carbons (Fsp3) is 0.167. The number of hydrogen-bond acceptors (Lipinski definition) is 9. The summed E-state index contributed by atoms with van der Waals surface area (Å²) in [4.78, 5) is 54.4. The molecule has 0 bridgehead atoms. The van der Waals surface area contributed by atoms with Gasteiger partial charge < -0.3 is 4.57 Å². The molecule has 0 atom stereocenters. The molecule has 55 heavy (non-hydrogen) atoms. The third-order valence-corrected chi connectivity index (χ3v) is 8.52. The van der Waals surface area contributed by atoms with Crippen molar-refractivity contribution in [3.8, 4) is 34.2 Å². The molecule has 278 valence electrons. The molecule has 8 rings (SSSR count). The first-order valence-electron chi connectivity index (χ1n) is 17.5. The topological polar surface area (TPSA) is 139 Å². The number of pyridine rings is 6. The minimum absolute atomic E-state index is 0. The molecule has 0 radical (unpaired) electrons. The third-order valence-electron chi connectivity index (χ3n) is 8.52. The number of fused-ring (bicyclic) bond motifs is 1. The average Bonchev–Trinajstić information content (AvgIpc) is 3.67. The van der Waals surface area contributed by atoms with Crippen molar-refractivity contribution in [2.75, 3.05) is 0 Å². The van der Waals surface area contributed by atoms with Crippen molar-refractivity contribution in [2.24, 2.45) is 14.1 Å². The number of hydrogen-bond donors (Lipinski definition) is 0. The maximum atomic E-state index is 12.5. The Morgan fingerprint density at radius 3 is 1.51 bits per heavy atom. The van der Waals surface area contributed by atoms with Crippen molar-refractivity contribution in [2.45, 2.75) is 32.7 Å². The van der Waals surface area contributed by atoms with E-state index in [1.807, 2.05) is 109 Å². The second kappa shape index (κ2) is 19.7. The minimum atomic E-state index is -0.366. The van der Waals surface area contributed by atoms with Gasteiger partial charge in [-0.2, -0.15) is 0 Å². The number of unbranched alkanes of at least 4 members (excludes halogenated alkanes) is 1. The van der Waals surface area contributed by atoms with Crippen LogP contribution in [0.15, 0.2) is 150 Å². The van der Waals surface area contributed by atoms with Crippen molar-refractivity contribution in [3.05, 3.63) is 173 Å². The van der Waals surface area contributed by atoms with Crippen LogP contribution in [0.2, 0.25) is 0 Å². The van der Waals surface area contributed by atoms with Gasteiger partial charge in [-0.15, -0.1) is 0 Å². The SMILES string of the molecule is Cc1ccnc(-c2cc(CCCCn3cnc4c3c(=O)n(C)c(=O)n4C)ccn2)c1.[Ru].c1ccc(-c2ccccn2)nc1.c1ccc(-c2ccccn2)nc1. The normalized spacial score (nSPS) is 10.4. The van der Waals surface area contributed by atoms with Crippen molar-refractivity contribution in [3.63, 3.8) is 0 Å². The van der Waals surface area contributed by atoms with Crippen molar-refractivity contribution in [1.82, 2.24) is 48.6 Å². The first kappa shape index (κ1) is 39.9. The first-order chi connectivity index (χ1) is 26.4. The summed E-state index contributed by atoms with van der Waals surface area (Å²) in [5.74, 6) is 0. The maximum absolute atomic E-state index is 12.5. The van der Waals surface area contributed by atoms with Gasteiger partial charge in [0.05, 0.1) is 40.5 Å². The Hall–Kier alpha value is -6.33. The molecule has 0 saturated heterocycles. The fourth-order valence-electron chi connectivity index (χ4n) is 5.68. The molecule has 0 aliphatic rings. The molecule has 13 heteroatoms. The number of aromatic nitrogens is 10. The quantitative estimate of drug-likeness (QED) is 0.124. The molecule has 0 aromatic carbocycles. The average molecular weight is 818 g/mol. The summed E-state index contributed by atoms with van der Waals surface area (Å²) in [7, 11) is 3.12. The van der Waals surface area contributed by atoms with Crippen molar-refractivity contribution >= 4 is 11.2 Å². The van der Waals surface area contributed by atoms with E-state index in [4.69, 9.17) is 0 Å². The Labute approximate surface area is 331 Å². The van der Waals surface area contributed by atoms with E-state index in [-0.39, 0.29) is 30.7 Å². The predicted octanol–water partition coefficient (Wildman–Crippen LogP) is 6.51. The molecule has 8 aromatic rings. The summed E-state index contributed by atoms with van der Waals surface area (Å²) in [6.45, 7) is 2.71. The van der Waals surface area contributed by atoms with Crippen molar-refractivity contribution in [1.29, 1.82) is 0 Å². The first-order valence-corrected chi connectivity index (χ1v) is 17.5. The van der Waals surface area contributed by atoms with Crippen LogP contribution < -0.4 is 11.2 Å². The summed E-state index contributed by atoms with van der Waals surface area (Å²) in [5, 5.41) is 0. The molecule has 0 fully saturated rings. The molecule has 0 aliphatic carbocycles. The summed E-state index contributed by atoms with van der Waals surface area (Å²) in [5.41, 5.74) is 7.99. The van der Waals surface area contributed by atoms with Gasteiger partial charge >= 0.3 is 5.69 Å². The van der Waals surface area contributed by atoms with Gasteiger partial charge in [-0.1, -0.05) is 24.3 Å². The second-order valence-electron chi connectivity index (χ2n) is 12.4. The summed E-state index contributed by atoms with van der Waals surface area (Å²) in [6, 6.07) is 31.3. The van der Waals surface area contributed by atoms with E-state index >= 15 is 0 Å². The Kier molecular flexibility index (Phi) is 14.3. The number of rotatable bonds is 8. The van der Waals surface area contributed by atoms with Gasteiger partial charge in [-0.25, -0.2) is 9.78 Å². The van der Waals surface area contributed by atoms with E-state index in [2.05, 4.69) is 41.0 Å². The van der Waals surface area contributed by atoms with E-state index in [0.717, 1.165) is 63.6 Å². The molecule has 0 spiro atoms. The van der Waals surface area contributed by atoms with Crippen LogP contribution in [0.3, 0.4) is 0 Å². The summed E-state index contributed by atoms with van der Waals surface area (Å²) < 4.78 is 4.37. The van der Waals surface area contributed by atoms with Crippen LogP contribution in [0.25, 0.3) is 45.3 Å². The van der Waals surface area contributed by atoms with Crippen LogP contribution in [-0.2, 0) is 46.5 Å². The smallest absolute Gasteiger partial charge is 0.325 e. The van der Waals surface area contributed by atoms with Crippen LogP contribution in [0.4, 0.5) is 0 Å². The zero-order valence-corrected chi connectivity index (χ0v) is 32.5. The molecule has 0 amide bonds. The van der Waals surface area contributed by atoms with E-state index in [9.17, 15) is 9.59 Å². The molecule has 0 unspecified atom stereocenters. The summed E-state index contributed by atoms with van der Waals surface area (Å²) >= 11 is 0. The Morgan fingerprint density at radius 2 is 1.02 bits per heavy atom. The van der Waals surface area contributed by atoms with E-state index in [1.165, 1.54) is 17.2 Å². The van der Waals surface area contributed by atoms with Crippen LogP contribution in [0, 0.1) is 6.92 Å². The number of imidazole rings is 1. The molecular weight excluding hydrogens is 778 g/mol. The molecule has 0 saturated carbocycles. The monoisotopic (exact) mass is 818 g/mol. The zero-order valence-electron chi connectivity index (χ0n) is 30.7. The molecule has 8 heterocycles. The van der Waals surface area contributed by atoms with Gasteiger partial charge in [-0.05, 0) is 110 Å². The summed E-state index contributed by atoms with van der Waals surface area (Å²) in [6.07, 6.45) is 15.1. The van der Waals surface area contributed by atoms with Gasteiger partial charge in [0.25, 0.3) is 5.56 Å². The number of aryl methyl sites for hydroxylation is 4. The molecular formula is C42H40N10O2Ru. The standard InChI is InChI=1S/C22H24N6O2.2C10H8N2.Ru/c1-15-7-9-23-17(12-15)18-13-16(8-10-24-18)6-4-5-11-28-14-25-20-19(28)21(29)27(3)22(30)26(20)2;2*1-3-7-11-9(5-1)10-6-2-4-8-12-10;/h7-10,12-14H,4-6,11H2,1-3H3;2*1-8H;. The van der Waals surface area contributed by atoms with E-state index in [1.54, 1.807) is 44.4 Å². The molecule has 0 N–H and O–H groups in total. The van der Waals surface area contributed by atoms with Crippen molar-refractivity contribution < 1.29 is 19.5 Å². The van der Waals surface area contributed by atoms with Gasteiger partial charge in [0.1, 0.15) is 0 Å². The van der Waals surface area contributed by atoms with E-state index in [0.29, 0.717) is 17.7 Å². The molecule has 0 aliphatic heterocycles. The maximum Gasteiger partial charge on any atom is 0.332 e. The Bertz CT molecular complexity index is 2380. The Balaban J connectivity index is 0.000000189. The molecule has 8 aromatic heterocycles. The second-order valence-corrected chi connectivity index (χ2v) is 12.4. The van der Waals surface area contributed by atoms with Gasteiger partial charge in [0.15, 0.2) is 11.2 Å².